The number of benzene rings is 2. The van der Waals surface area contributed by atoms with E-state index in [1.807, 2.05) is 0 Å². The van der Waals surface area contributed by atoms with Crippen LogP contribution in [0.5, 0.6) is 0 Å². The van der Waals surface area contributed by atoms with E-state index in [0.29, 0.717) is 11.3 Å². The lowest BCUT2D eigenvalue weighted by atomic mass is 10.1. The Morgan fingerprint density at radius 1 is 1.11 bits per heavy atom. The van der Waals surface area contributed by atoms with Gasteiger partial charge in [-0.15, -0.1) is 0 Å². The summed E-state index contributed by atoms with van der Waals surface area (Å²) in [5, 5.41) is 18.1. The molecule has 2 aromatic carbocycles. The van der Waals surface area contributed by atoms with Crippen molar-refractivity contribution in [2.45, 2.75) is 44.2 Å². The van der Waals surface area contributed by atoms with Gasteiger partial charge in [0.15, 0.2) is 6.23 Å². The summed E-state index contributed by atoms with van der Waals surface area (Å²) in [7, 11) is -9.04. The largest absolute Gasteiger partial charge is 0.481 e. The second-order valence-electron chi connectivity index (χ2n) is 9.55. The quantitative estimate of drug-likeness (QED) is 0.181. The number of aliphatic hydroxyl groups is 1. The van der Waals surface area contributed by atoms with Gasteiger partial charge in [-0.2, -0.15) is 4.31 Å². The molecule has 2 aliphatic heterocycles. The summed E-state index contributed by atoms with van der Waals surface area (Å²) in [5.74, 6) is -0.477. The van der Waals surface area contributed by atoms with Gasteiger partial charge in [0, 0.05) is 19.0 Å². The minimum Gasteiger partial charge on any atom is -0.387 e. The van der Waals surface area contributed by atoms with Crippen molar-refractivity contribution in [1.29, 1.82) is 0 Å². The standard InChI is InChI=1S/C25H31FN4O12P2/c1-15-5-3-4-6-16(15)13-39-43(34,35)42-44(36,37)40-14-19-21(31)22(38-2)23(41-19)30-12-11-20(29-25(30)33)28-24(32)27-18-9-7-17(26)8-10-18/h3-12,19-23,31H,13-14H2,1-2H3,(H,29,33)(H,34,35)(H,36,37)(H2,27,28,32)/t19-,20?,21?,22?,23-/m1/s1. The van der Waals surface area contributed by atoms with Crippen LogP contribution >= 0.6 is 15.6 Å². The Bertz CT molecular complexity index is 1460. The van der Waals surface area contributed by atoms with Gasteiger partial charge in [-0.3, -0.25) is 13.9 Å². The van der Waals surface area contributed by atoms with Crippen LogP contribution in [0.4, 0.5) is 19.7 Å². The van der Waals surface area contributed by atoms with Crippen molar-refractivity contribution >= 4 is 33.4 Å². The molecule has 2 aromatic rings. The average Bonchev–Trinajstić information content (AvgIpc) is 3.27. The number of hydrogen-bond acceptors (Lipinski definition) is 10. The maximum absolute atomic E-state index is 13.1. The first-order chi connectivity index (χ1) is 20.8. The molecule has 4 amide bonds. The summed E-state index contributed by atoms with van der Waals surface area (Å²) < 4.78 is 62.6. The molecule has 19 heteroatoms. The third kappa shape index (κ3) is 8.92. The lowest BCUT2D eigenvalue weighted by Gasteiger charge is -2.33. The normalized spacial score (nSPS) is 26.0. The zero-order valence-corrected chi connectivity index (χ0v) is 25.1. The van der Waals surface area contributed by atoms with E-state index in [9.17, 15) is 38.0 Å². The van der Waals surface area contributed by atoms with Gasteiger partial charge < -0.3 is 40.3 Å². The number of carbonyl (C=O) groups is 2. The first-order valence-electron chi connectivity index (χ1n) is 12.9. The van der Waals surface area contributed by atoms with Crippen molar-refractivity contribution in [1.82, 2.24) is 15.5 Å². The van der Waals surface area contributed by atoms with Gasteiger partial charge in [0.1, 0.15) is 30.3 Å². The summed E-state index contributed by atoms with van der Waals surface area (Å²) >= 11 is 0. The molecule has 0 radical (unpaired) electrons. The van der Waals surface area contributed by atoms with E-state index in [2.05, 4.69) is 20.3 Å². The van der Waals surface area contributed by atoms with Crippen LogP contribution in [-0.4, -0.2) is 76.3 Å². The molecule has 0 aliphatic carbocycles. The van der Waals surface area contributed by atoms with Gasteiger partial charge in [-0.1, -0.05) is 24.3 Å². The number of phosphoric ester groups is 2. The van der Waals surface area contributed by atoms with Crippen LogP contribution < -0.4 is 16.0 Å². The maximum atomic E-state index is 13.1. The zero-order valence-electron chi connectivity index (χ0n) is 23.3. The van der Waals surface area contributed by atoms with Gasteiger partial charge in [-0.05, 0) is 48.4 Å². The third-order valence-corrected chi connectivity index (χ3v) is 9.03. The Labute approximate surface area is 250 Å². The second-order valence-corrected chi connectivity index (χ2v) is 12.6. The van der Waals surface area contributed by atoms with Crippen molar-refractivity contribution in [2.24, 2.45) is 0 Å². The molecule has 0 spiro atoms. The highest BCUT2D eigenvalue weighted by molar-refractivity contribution is 7.61. The number of nitrogens with zero attached hydrogens (tertiary/aromatic N) is 1. The van der Waals surface area contributed by atoms with Crippen LogP contribution in [0.3, 0.4) is 0 Å². The summed E-state index contributed by atoms with van der Waals surface area (Å²) in [4.78, 5) is 46.0. The number of aliphatic hydroxyl groups excluding tert-OH is 1. The Morgan fingerprint density at radius 2 is 1.80 bits per heavy atom. The van der Waals surface area contributed by atoms with Crippen LogP contribution in [0.15, 0.2) is 60.8 Å². The van der Waals surface area contributed by atoms with Crippen LogP contribution in [-0.2, 0) is 38.6 Å². The number of ether oxygens (including phenoxy) is 2. The molecule has 7 atom stereocenters. The minimum atomic E-state index is -5.21. The number of carbonyl (C=O) groups excluding carboxylic acids is 2. The van der Waals surface area contributed by atoms with Gasteiger partial charge in [0.2, 0.25) is 0 Å². The molecule has 0 aromatic heterocycles. The number of rotatable bonds is 12. The minimum absolute atomic E-state index is 0.315. The highest BCUT2D eigenvalue weighted by atomic mass is 31.3. The van der Waals surface area contributed by atoms with E-state index in [-0.39, 0.29) is 6.61 Å². The van der Waals surface area contributed by atoms with E-state index in [0.717, 1.165) is 22.6 Å². The second kappa shape index (κ2) is 14.3. The summed E-state index contributed by atoms with van der Waals surface area (Å²) in [5.41, 5.74) is 1.61. The molecule has 2 heterocycles. The van der Waals surface area contributed by atoms with Crippen molar-refractivity contribution in [2.75, 3.05) is 19.0 Å². The Hall–Kier alpha value is -3.21. The smallest absolute Gasteiger partial charge is 0.387 e. The first-order valence-corrected chi connectivity index (χ1v) is 15.9. The zero-order chi connectivity index (χ0) is 32.1. The SMILES string of the molecule is COC1C(O)[C@@H](COP(=O)(O)OP(=O)(O)OCc2ccccc2C)O[C@H]1N1C=CC(NC(=O)Nc2ccc(F)cc2)NC1=O. The summed E-state index contributed by atoms with van der Waals surface area (Å²) in [6.45, 7) is 0.545. The van der Waals surface area contributed by atoms with E-state index in [1.54, 1.807) is 31.2 Å². The molecule has 1 fully saturated rings. The van der Waals surface area contributed by atoms with E-state index in [4.69, 9.17) is 18.5 Å². The van der Waals surface area contributed by atoms with E-state index < -0.39 is 70.8 Å². The number of aryl methyl sites for hydroxylation is 1. The number of amides is 4. The first kappa shape index (κ1) is 33.7. The fourth-order valence-corrected chi connectivity index (χ4v) is 6.29. The number of hydrogen-bond donors (Lipinski definition) is 6. The molecule has 16 nitrogen and oxygen atoms in total. The third-order valence-electron chi connectivity index (χ3n) is 6.45. The molecule has 240 valence electrons. The van der Waals surface area contributed by atoms with Crippen LogP contribution in [0.1, 0.15) is 11.1 Å². The lowest BCUT2D eigenvalue weighted by molar-refractivity contribution is -0.0732. The Morgan fingerprint density at radius 3 is 2.45 bits per heavy atom. The molecule has 6 N–H and O–H groups in total. The predicted molar refractivity (Wildman–Crippen MR) is 150 cm³/mol. The molecule has 0 saturated carbocycles. The maximum Gasteiger partial charge on any atom is 0.481 e. The fraction of sp³-hybridized carbons (Fsp3) is 0.360. The fourth-order valence-electron chi connectivity index (χ4n) is 4.23. The molecule has 0 bridgehead atoms. The number of urea groups is 2. The summed E-state index contributed by atoms with van der Waals surface area (Å²) in [6.07, 6.45) is -3.54. The highest BCUT2D eigenvalue weighted by Gasteiger charge is 2.49. The van der Waals surface area contributed by atoms with Crippen LogP contribution in [0.25, 0.3) is 0 Å². The average molecular weight is 660 g/mol. The number of methoxy groups -OCH3 is 1. The van der Waals surface area contributed by atoms with Gasteiger partial charge >= 0.3 is 27.7 Å². The van der Waals surface area contributed by atoms with Gasteiger partial charge in [0.25, 0.3) is 0 Å². The molecule has 1 saturated heterocycles. The van der Waals surface area contributed by atoms with E-state index in [1.165, 1.54) is 31.5 Å². The van der Waals surface area contributed by atoms with Gasteiger partial charge in [0.05, 0.1) is 13.2 Å². The monoisotopic (exact) mass is 660 g/mol. The number of nitrogens with one attached hydrogen (secondary N) is 3. The molecule has 5 unspecified atom stereocenters. The predicted octanol–water partition coefficient (Wildman–Crippen LogP) is 2.67. The van der Waals surface area contributed by atoms with Crippen LogP contribution in [0.2, 0.25) is 0 Å². The Balaban J connectivity index is 1.31. The molecular weight excluding hydrogens is 629 g/mol. The van der Waals surface area contributed by atoms with Crippen LogP contribution in [0, 0.1) is 12.7 Å². The van der Waals surface area contributed by atoms with Crippen molar-refractivity contribution in [3.05, 3.63) is 77.8 Å². The number of phosphoric acid groups is 2. The van der Waals surface area contributed by atoms with E-state index >= 15 is 0 Å². The Kier molecular flexibility index (Phi) is 10.9. The number of halogens is 1. The van der Waals surface area contributed by atoms with Gasteiger partial charge in [-0.25, -0.2) is 23.1 Å². The molecule has 2 aliphatic rings. The van der Waals surface area contributed by atoms with Crippen molar-refractivity contribution in [3.8, 4) is 0 Å². The lowest BCUT2D eigenvalue weighted by Crippen LogP contribution is -2.57. The molecule has 44 heavy (non-hydrogen) atoms. The van der Waals surface area contributed by atoms with Crippen molar-refractivity contribution in [3.63, 3.8) is 0 Å². The van der Waals surface area contributed by atoms with Crippen molar-refractivity contribution < 1.29 is 60.8 Å². The highest BCUT2D eigenvalue weighted by Crippen LogP contribution is 2.61. The summed E-state index contributed by atoms with van der Waals surface area (Å²) in [6, 6.07) is 10.4. The number of anilines is 1. The topological polar surface area (TPSA) is 214 Å². The molecular formula is C25H31FN4O12P2. The molecule has 4 rings (SSSR count).